The first kappa shape index (κ1) is 24.7. The highest BCUT2D eigenvalue weighted by molar-refractivity contribution is 7.07. The van der Waals surface area contributed by atoms with Gasteiger partial charge in [-0.2, -0.15) is 0 Å². The number of nitrogens with zero attached hydrogens (tertiary/aromatic N) is 3. The number of carbonyl (C=O) groups is 2. The van der Waals surface area contributed by atoms with Crippen molar-refractivity contribution in [2.24, 2.45) is 0 Å². The van der Waals surface area contributed by atoms with Crippen LogP contribution in [0.1, 0.15) is 27.9 Å². The van der Waals surface area contributed by atoms with Gasteiger partial charge in [0.1, 0.15) is 10.7 Å². The molecule has 4 rings (SSSR count). The van der Waals surface area contributed by atoms with Crippen LogP contribution in [0.2, 0.25) is 0 Å². The average molecular weight is 501 g/mol. The van der Waals surface area contributed by atoms with Gasteiger partial charge in [-0.15, -0.1) is 5.10 Å². The van der Waals surface area contributed by atoms with Crippen LogP contribution in [0.5, 0.6) is 0 Å². The van der Waals surface area contributed by atoms with E-state index in [4.69, 9.17) is 4.74 Å². The number of halogens is 1. The normalized spacial score (nSPS) is 17.4. The molecule has 0 bridgehead atoms. The summed E-state index contributed by atoms with van der Waals surface area (Å²) in [5.41, 5.74) is 8.52. The minimum absolute atomic E-state index is 0.188. The molecule has 2 aromatic carbocycles. The number of anilines is 1. The van der Waals surface area contributed by atoms with Gasteiger partial charge in [-0.05, 0) is 47.8 Å². The smallest absolute Gasteiger partial charge is 0.279 e. The Hall–Kier alpha value is -3.45. The van der Waals surface area contributed by atoms with Gasteiger partial charge in [-0.1, -0.05) is 28.8 Å². The number of rotatable bonds is 8. The lowest BCUT2D eigenvalue weighted by Gasteiger charge is -2.21. The van der Waals surface area contributed by atoms with Crippen molar-refractivity contribution in [2.45, 2.75) is 32.9 Å². The van der Waals surface area contributed by atoms with Crippen molar-refractivity contribution in [3.05, 3.63) is 64.4 Å². The van der Waals surface area contributed by atoms with Crippen molar-refractivity contribution in [3.63, 3.8) is 0 Å². The average Bonchev–Trinajstić information content (AvgIpc) is 3.43. The summed E-state index contributed by atoms with van der Waals surface area (Å²) >= 11 is 1.03. The fourth-order valence-corrected chi connectivity index (χ4v) is 4.20. The Morgan fingerprint density at radius 3 is 2.69 bits per heavy atom. The fourth-order valence-electron chi connectivity index (χ4n) is 3.64. The third kappa shape index (κ3) is 5.98. The molecule has 2 amide bonds. The number of aliphatic hydroxyl groups excluding tert-OH is 1. The zero-order valence-corrected chi connectivity index (χ0v) is 19.9. The molecule has 1 aromatic heterocycles. The van der Waals surface area contributed by atoms with Crippen molar-refractivity contribution in [2.75, 3.05) is 18.0 Å². The maximum Gasteiger partial charge on any atom is 0.279 e. The monoisotopic (exact) mass is 500 g/mol. The predicted molar refractivity (Wildman–Crippen MR) is 128 cm³/mol. The van der Waals surface area contributed by atoms with Gasteiger partial charge in [0.15, 0.2) is 0 Å². The molecule has 0 saturated carbocycles. The van der Waals surface area contributed by atoms with Crippen molar-refractivity contribution in [3.8, 4) is 11.1 Å². The van der Waals surface area contributed by atoms with Gasteiger partial charge in [0.05, 0.1) is 18.3 Å². The summed E-state index contributed by atoms with van der Waals surface area (Å²) in [5, 5.41) is 16.6. The molecule has 1 unspecified atom stereocenters. The van der Waals surface area contributed by atoms with E-state index in [0.717, 1.165) is 17.1 Å². The molecule has 35 heavy (non-hydrogen) atoms. The molecule has 2 heterocycles. The lowest BCUT2D eigenvalue weighted by Crippen LogP contribution is -2.36. The largest absolute Gasteiger partial charge is 0.354 e. The molecule has 4 N–H and O–H groups in total. The summed E-state index contributed by atoms with van der Waals surface area (Å²) in [6, 6.07) is 12.0. The van der Waals surface area contributed by atoms with E-state index in [2.05, 4.69) is 25.8 Å². The van der Waals surface area contributed by atoms with Gasteiger partial charge in [0.25, 0.3) is 5.91 Å². The van der Waals surface area contributed by atoms with Crippen LogP contribution in [0.15, 0.2) is 42.5 Å². The van der Waals surface area contributed by atoms with Crippen molar-refractivity contribution in [1.82, 2.24) is 25.8 Å². The number of benzene rings is 2. The number of carbonyl (C=O) groups excluding carboxylic acids is 2. The second-order valence-corrected chi connectivity index (χ2v) is 8.78. The van der Waals surface area contributed by atoms with Gasteiger partial charge in [0.2, 0.25) is 12.3 Å². The van der Waals surface area contributed by atoms with Crippen LogP contribution in [0.25, 0.3) is 11.1 Å². The van der Waals surface area contributed by atoms with Crippen LogP contribution < -0.4 is 21.1 Å². The highest BCUT2D eigenvalue weighted by atomic mass is 32.1. The van der Waals surface area contributed by atoms with Crippen molar-refractivity contribution in [1.29, 1.82) is 0 Å². The van der Waals surface area contributed by atoms with Crippen molar-refractivity contribution < 1.29 is 23.8 Å². The van der Waals surface area contributed by atoms with Crippen LogP contribution >= 0.6 is 11.5 Å². The van der Waals surface area contributed by atoms with Crippen LogP contribution in [0.3, 0.4) is 0 Å². The van der Waals surface area contributed by atoms with E-state index in [0.29, 0.717) is 40.5 Å². The van der Waals surface area contributed by atoms with Crippen LogP contribution in [-0.4, -0.2) is 52.1 Å². The maximum atomic E-state index is 15.0. The molecule has 1 saturated heterocycles. The fraction of sp³-hybridized carbons (Fsp3) is 0.304. The van der Waals surface area contributed by atoms with Gasteiger partial charge in [0, 0.05) is 31.3 Å². The summed E-state index contributed by atoms with van der Waals surface area (Å²) in [6.45, 7) is 4.08. The molecular weight excluding hydrogens is 475 g/mol. The van der Waals surface area contributed by atoms with Gasteiger partial charge < -0.3 is 20.1 Å². The summed E-state index contributed by atoms with van der Waals surface area (Å²) < 4.78 is 24.1. The summed E-state index contributed by atoms with van der Waals surface area (Å²) in [7, 11) is 0. The molecule has 1 aliphatic heterocycles. The molecule has 3 aromatic rings. The molecule has 0 spiro atoms. The van der Waals surface area contributed by atoms with E-state index in [9.17, 15) is 19.1 Å². The van der Waals surface area contributed by atoms with E-state index in [1.54, 1.807) is 31.2 Å². The number of amides is 2. The highest BCUT2D eigenvalue weighted by Gasteiger charge is 2.32. The van der Waals surface area contributed by atoms with E-state index in [-0.39, 0.29) is 18.4 Å². The van der Waals surface area contributed by atoms with Gasteiger partial charge in [-0.3, -0.25) is 15.0 Å². The predicted octanol–water partition coefficient (Wildman–Crippen LogP) is 1.70. The first-order valence-electron chi connectivity index (χ1n) is 10.9. The molecule has 1 fully saturated rings. The Bertz CT molecular complexity index is 1200. The van der Waals surface area contributed by atoms with E-state index < -0.39 is 18.3 Å². The third-order valence-electron chi connectivity index (χ3n) is 5.46. The Balaban J connectivity index is 1.35. The van der Waals surface area contributed by atoms with Gasteiger partial charge >= 0.3 is 0 Å². The Morgan fingerprint density at radius 2 is 2.03 bits per heavy atom. The molecular formula is C23H25FN6O4S. The number of nitrogens with one attached hydrogen (secondary N) is 3. The maximum absolute atomic E-state index is 15.0. The summed E-state index contributed by atoms with van der Waals surface area (Å²) in [5.74, 6) is -0.926. The second kappa shape index (κ2) is 10.9. The minimum Gasteiger partial charge on any atom is -0.354 e. The Kier molecular flexibility index (Phi) is 7.66. The molecule has 12 heteroatoms. The first-order valence-corrected chi connectivity index (χ1v) is 11.6. The molecule has 10 nitrogen and oxygen atoms in total. The number of hydrazine groups is 1. The standard InChI is InChI=1S/C23H25FN6O4S/c1-13-21(35-29-27-13)22(32)28-26-10-15-3-5-16(6-4-15)19-8-7-17(9-20(19)24)30-12-18(34-23(30)33)11-25-14(2)31/h3-9,18,23,26,33H,10-12H2,1-2H3,(H,25,31)(H,28,32)/t18-,23?/m0/s1. The zero-order valence-electron chi connectivity index (χ0n) is 19.1. The zero-order chi connectivity index (χ0) is 24.9. The molecule has 2 atom stereocenters. The van der Waals surface area contributed by atoms with Gasteiger partial charge in [-0.25, -0.2) is 9.82 Å². The first-order chi connectivity index (χ1) is 16.8. The van der Waals surface area contributed by atoms with Crippen LogP contribution in [0, 0.1) is 12.7 Å². The number of aromatic nitrogens is 2. The number of hydrogen-bond acceptors (Lipinski definition) is 9. The third-order valence-corrected chi connectivity index (χ3v) is 6.29. The van der Waals surface area contributed by atoms with Crippen molar-refractivity contribution >= 4 is 29.0 Å². The molecule has 184 valence electrons. The quantitative estimate of drug-likeness (QED) is 0.344. The number of aryl methyl sites for hydroxylation is 1. The number of aliphatic hydroxyl groups is 1. The number of ether oxygens (including phenoxy) is 1. The summed E-state index contributed by atoms with van der Waals surface area (Å²) in [6.07, 6.45) is -1.62. The lowest BCUT2D eigenvalue weighted by molar-refractivity contribution is -0.121. The Labute approximate surface area is 205 Å². The second-order valence-electron chi connectivity index (χ2n) is 8.03. The van der Waals surface area contributed by atoms with Crippen LogP contribution in [-0.2, 0) is 16.1 Å². The minimum atomic E-state index is -1.22. The lowest BCUT2D eigenvalue weighted by atomic mass is 10.0. The van der Waals surface area contributed by atoms with Crippen LogP contribution in [0.4, 0.5) is 10.1 Å². The molecule has 1 aliphatic rings. The summed E-state index contributed by atoms with van der Waals surface area (Å²) in [4.78, 5) is 25.2. The van der Waals surface area contributed by atoms with E-state index in [1.165, 1.54) is 17.9 Å². The topological polar surface area (TPSA) is 129 Å². The molecule has 0 radical (unpaired) electrons. The SMILES string of the molecule is CC(=O)NC[C@H]1CN(c2ccc(-c3ccc(CNNC(=O)c4snnc4C)cc3)c(F)c2)C(O)O1. The van der Waals surface area contributed by atoms with E-state index >= 15 is 0 Å². The highest BCUT2D eigenvalue weighted by Crippen LogP contribution is 2.30. The van der Waals surface area contributed by atoms with E-state index in [1.807, 2.05) is 12.1 Å². The Morgan fingerprint density at radius 1 is 1.26 bits per heavy atom. The molecule has 0 aliphatic carbocycles. The number of hydrogen-bond donors (Lipinski definition) is 4.